The van der Waals surface area contributed by atoms with Crippen LogP contribution in [0, 0.1) is 5.92 Å². The first kappa shape index (κ1) is 8.75. The van der Waals surface area contributed by atoms with Gasteiger partial charge in [0, 0.05) is 18.9 Å². The Bertz CT molecular complexity index is 142. The fourth-order valence-corrected chi connectivity index (χ4v) is 1.39. The molecule has 0 aromatic rings. The summed E-state index contributed by atoms with van der Waals surface area (Å²) in [7, 11) is 0. The van der Waals surface area contributed by atoms with E-state index in [0.717, 1.165) is 13.0 Å². The van der Waals surface area contributed by atoms with Crippen LogP contribution in [-0.4, -0.2) is 23.9 Å². The van der Waals surface area contributed by atoms with Crippen molar-refractivity contribution in [3.8, 4) is 0 Å². The molecule has 3 atom stereocenters. The van der Waals surface area contributed by atoms with Crippen LogP contribution in [0.5, 0.6) is 0 Å². The van der Waals surface area contributed by atoms with Gasteiger partial charge in [-0.3, -0.25) is 0 Å². The third kappa shape index (κ3) is 2.31. The average molecular weight is 156 g/mol. The molecule has 2 heteroatoms. The lowest BCUT2D eigenvalue weighted by Gasteiger charge is -2.26. The van der Waals surface area contributed by atoms with Crippen molar-refractivity contribution in [2.24, 2.45) is 5.92 Å². The largest absolute Gasteiger partial charge is 0.389 e. The Morgan fingerprint density at radius 2 is 2.27 bits per heavy atom. The highest BCUT2D eigenvalue weighted by Gasteiger charge is 2.21. The molecule has 0 radical (unpaired) electrons. The first-order valence-corrected chi connectivity index (χ1v) is 4.22. The van der Waals surface area contributed by atoms with Gasteiger partial charge in [0.25, 0.3) is 0 Å². The Morgan fingerprint density at radius 1 is 1.55 bits per heavy atom. The minimum Gasteiger partial charge on any atom is -0.389 e. The van der Waals surface area contributed by atoms with Crippen LogP contribution in [0.4, 0.5) is 0 Å². The van der Waals surface area contributed by atoms with Crippen molar-refractivity contribution < 1.29 is 9.84 Å². The quantitative estimate of drug-likeness (QED) is 0.611. The van der Waals surface area contributed by atoms with E-state index >= 15 is 0 Å². The molecule has 0 aliphatic heterocycles. The number of aliphatic hydroxyl groups excluding tert-OH is 1. The van der Waals surface area contributed by atoms with Gasteiger partial charge in [-0.15, -0.1) is 0 Å². The van der Waals surface area contributed by atoms with Crippen LogP contribution >= 0.6 is 0 Å². The van der Waals surface area contributed by atoms with E-state index in [1.54, 1.807) is 0 Å². The molecule has 2 unspecified atom stereocenters. The Balaban J connectivity index is 2.46. The topological polar surface area (TPSA) is 29.5 Å². The maximum atomic E-state index is 9.26. The van der Waals surface area contributed by atoms with Gasteiger partial charge >= 0.3 is 0 Å². The molecular weight excluding hydrogens is 140 g/mol. The lowest BCUT2D eigenvalue weighted by atomic mass is 9.93. The van der Waals surface area contributed by atoms with Gasteiger partial charge in [-0.05, 0) is 6.92 Å². The van der Waals surface area contributed by atoms with Crippen LogP contribution in [0.25, 0.3) is 0 Å². The minimum absolute atomic E-state index is 0.208. The second-order valence-corrected chi connectivity index (χ2v) is 3.04. The number of hydrogen-bond donors (Lipinski definition) is 1. The number of aliphatic hydroxyl groups is 1. The Hall–Kier alpha value is -0.340. The normalized spacial score (nSPS) is 37.5. The van der Waals surface area contributed by atoms with Gasteiger partial charge in [-0.1, -0.05) is 19.1 Å². The van der Waals surface area contributed by atoms with E-state index < -0.39 is 0 Å². The van der Waals surface area contributed by atoms with Gasteiger partial charge in [0.05, 0.1) is 12.2 Å². The van der Waals surface area contributed by atoms with Crippen molar-refractivity contribution in [1.82, 2.24) is 0 Å². The molecule has 64 valence electrons. The first-order chi connectivity index (χ1) is 5.24. The predicted octanol–water partition coefficient (Wildman–Crippen LogP) is 1.35. The molecule has 0 bridgehead atoms. The minimum atomic E-state index is -0.303. The molecule has 1 aliphatic carbocycles. The zero-order valence-electron chi connectivity index (χ0n) is 7.16. The van der Waals surface area contributed by atoms with Crippen molar-refractivity contribution in [3.05, 3.63) is 12.2 Å². The molecule has 1 aliphatic rings. The Labute approximate surface area is 67.9 Å². The third-order valence-electron chi connectivity index (χ3n) is 2.08. The fraction of sp³-hybridized carbons (Fsp3) is 0.778. The fourth-order valence-electron chi connectivity index (χ4n) is 1.39. The highest BCUT2D eigenvalue weighted by Crippen LogP contribution is 2.20. The molecule has 2 nitrogen and oxygen atoms in total. The SMILES string of the molecule is CCOC1C[C@H](O)C=CC1C. The van der Waals surface area contributed by atoms with E-state index in [4.69, 9.17) is 4.74 Å². The summed E-state index contributed by atoms with van der Waals surface area (Å²) in [5.41, 5.74) is 0. The van der Waals surface area contributed by atoms with E-state index in [-0.39, 0.29) is 12.2 Å². The summed E-state index contributed by atoms with van der Waals surface area (Å²) in [6.07, 6.45) is 4.52. The summed E-state index contributed by atoms with van der Waals surface area (Å²) in [4.78, 5) is 0. The van der Waals surface area contributed by atoms with Crippen molar-refractivity contribution in [2.75, 3.05) is 6.61 Å². The van der Waals surface area contributed by atoms with Crippen LogP contribution in [0.15, 0.2) is 12.2 Å². The second-order valence-electron chi connectivity index (χ2n) is 3.04. The Kier molecular flexibility index (Phi) is 3.09. The zero-order chi connectivity index (χ0) is 8.27. The lowest BCUT2D eigenvalue weighted by Crippen LogP contribution is -2.29. The predicted molar refractivity (Wildman–Crippen MR) is 44.3 cm³/mol. The second kappa shape index (κ2) is 3.88. The summed E-state index contributed by atoms with van der Waals surface area (Å²) in [5, 5.41) is 9.26. The van der Waals surface area contributed by atoms with Crippen LogP contribution in [0.3, 0.4) is 0 Å². The Morgan fingerprint density at radius 3 is 2.91 bits per heavy atom. The molecule has 0 spiro atoms. The standard InChI is InChI=1S/C9H16O2/c1-3-11-9-6-8(10)5-4-7(9)2/h4-5,7-10H,3,6H2,1-2H3/t7?,8-,9?/m1/s1. The van der Waals surface area contributed by atoms with Crippen LogP contribution in [0.2, 0.25) is 0 Å². The van der Waals surface area contributed by atoms with E-state index in [2.05, 4.69) is 6.92 Å². The number of rotatable bonds is 2. The molecule has 0 aromatic heterocycles. The molecule has 0 heterocycles. The van der Waals surface area contributed by atoms with Crippen LogP contribution in [-0.2, 0) is 4.74 Å². The highest BCUT2D eigenvalue weighted by molar-refractivity contribution is 5.01. The summed E-state index contributed by atoms with van der Waals surface area (Å²) in [6.45, 7) is 4.83. The molecular formula is C9H16O2. The molecule has 0 saturated carbocycles. The maximum absolute atomic E-state index is 9.26. The molecule has 0 saturated heterocycles. The molecule has 0 amide bonds. The molecule has 1 N–H and O–H groups in total. The smallest absolute Gasteiger partial charge is 0.0746 e. The van der Waals surface area contributed by atoms with Crippen molar-refractivity contribution in [1.29, 1.82) is 0 Å². The maximum Gasteiger partial charge on any atom is 0.0746 e. The van der Waals surface area contributed by atoms with Crippen molar-refractivity contribution >= 4 is 0 Å². The average Bonchev–Trinajstić information content (AvgIpc) is 1.98. The van der Waals surface area contributed by atoms with Gasteiger partial charge in [-0.2, -0.15) is 0 Å². The van der Waals surface area contributed by atoms with E-state index in [1.807, 2.05) is 19.1 Å². The summed E-state index contributed by atoms with van der Waals surface area (Å²) in [5.74, 6) is 0.443. The van der Waals surface area contributed by atoms with Crippen molar-refractivity contribution in [3.63, 3.8) is 0 Å². The monoisotopic (exact) mass is 156 g/mol. The van der Waals surface area contributed by atoms with Crippen molar-refractivity contribution in [2.45, 2.75) is 32.5 Å². The van der Waals surface area contributed by atoms with Gasteiger partial charge < -0.3 is 9.84 Å². The molecule has 11 heavy (non-hydrogen) atoms. The summed E-state index contributed by atoms with van der Waals surface area (Å²) in [6, 6.07) is 0. The van der Waals surface area contributed by atoms with Gasteiger partial charge in [0.1, 0.15) is 0 Å². The van der Waals surface area contributed by atoms with Gasteiger partial charge in [0.15, 0.2) is 0 Å². The van der Waals surface area contributed by atoms with E-state index in [0.29, 0.717) is 5.92 Å². The number of hydrogen-bond acceptors (Lipinski definition) is 2. The third-order valence-corrected chi connectivity index (χ3v) is 2.08. The summed E-state index contributed by atoms with van der Waals surface area (Å²) < 4.78 is 5.45. The highest BCUT2D eigenvalue weighted by atomic mass is 16.5. The van der Waals surface area contributed by atoms with E-state index in [9.17, 15) is 5.11 Å². The summed E-state index contributed by atoms with van der Waals surface area (Å²) >= 11 is 0. The van der Waals surface area contributed by atoms with Gasteiger partial charge in [-0.25, -0.2) is 0 Å². The first-order valence-electron chi connectivity index (χ1n) is 4.22. The molecule has 0 fully saturated rings. The lowest BCUT2D eigenvalue weighted by molar-refractivity contribution is 0.00315. The van der Waals surface area contributed by atoms with Crippen LogP contribution < -0.4 is 0 Å². The molecule has 1 rings (SSSR count). The molecule has 0 aromatic carbocycles. The van der Waals surface area contributed by atoms with Gasteiger partial charge in [0.2, 0.25) is 0 Å². The van der Waals surface area contributed by atoms with E-state index in [1.165, 1.54) is 0 Å². The zero-order valence-corrected chi connectivity index (χ0v) is 7.16. The number of ether oxygens (including phenoxy) is 1. The van der Waals surface area contributed by atoms with Crippen LogP contribution in [0.1, 0.15) is 20.3 Å².